The maximum absolute atomic E-state index is 12.6. The Morgan fingerprint density at radius 3 is 2.61 bits per heavy atom. The number of amides is 1. The molecule has 3 heterocycles. The fourth-order valence-electron chi connectivity index (χ4n) is 3.45. The Kier molecular flexibility index (Phi) is 4.79. The van der Waals surface area contributed by atoms with E-state index in [0.717, 1.165) is 10.1 Å². The molecule has 5 rings (SSSR count). The highest BCUT2D eigenvalue weighted by Gasteiger charge is 2.14. The van der Waals surface area contributed by atoms with Crippen molar-refractivity contribution in [1.29, 1.82) is 0 Å². The molecule has 0 unspecified atom stereocenters. The number of thiophene rings is 1. The number of fused-ring (bicyclic) bond motifs is 2. The number of carbonyl (C=O) groups is 1. The molecule has 2 aromatic carbocycles. The highest BCUT2D eigenvalue weighted by atomic mass is 32.1. The number of anilines is 1. The molecule has 4 aromatic rings. The molecule has 2 aromatic heterocycles. The summed E-state index contributed by atoms with van der Waals surface area (Å²) in [7, 11) is 0. The van der Waals surface area contributed by atoms with E-state index in [-0.39, 0.29) is 17.9 Å². The molecule has 0 aliphatic carbocycles. The van der Waals surface area contributed by atoms with Gasteiger partial charge in [-0.05, 0) is 41.3 Å². The van der Waals surface area contributed by atoms with E-state index in [1.807, 2.05) is 0 Å². The topological polar surface area (TPSA) is 102 Å². The van der Waals surface area contributed by atoms with Crippen molar-refractivity contribution in [3.63, 3.8) is 0 Å². The van der Waals surface area contributed by atoms with Crippen LogP contribution in [0.2, 0.25) is 0 Å². The molecule has 0 radical (unpaired) electrons. The van der Waals surface area contributed by atoms with Gasteiger partial charge in [0.2, 0.25) is 5.91 Å². The van der Waals surface area contributed by atoms with Crippen LogP contribution in [0.4, 0.5) is 5.69 Å². The van der Waals surface area contributed by atoms with Gasteiger partial charge in [0.1, 0.15) is 17.9 Å². The zero-order valence-electron chi connectivity index (χ0n) is 16.2. The molecule has 0 fully saturated rings. The van der Waals surface area contributed by atoms with Gasteiger partial charge in [-0.25, -0.2) is 9.36 Å². The van der Waals surface area contributed by atoms with Crippen LogP contribution in [0, 0.1) is 0 Å². The van der Waals surface area contributed by atoms with Crippen molar-refractivity contribution in [2.24, 2.45) is 0 Å². The van der Waals surface area contributed by atoms with E-state index < -0.39 is 5.69 Å². The fraction of sp³-hybridized carbons (Fsp3) is 0.136. The van der Waals surface area contributed by atoms with E-state index >= 15 is 0 Å². The van der Waals surface area contributed by atoms with Crippen LogP contribution in [-0.4, -0.2) is 28.7 Å². The minimum Gasteiger partial charge on any atom is -0.486 e. The lowest BCUT2D eigenvalue weighted by molar-refractivity contribution is -0.115. The zero-order valence-corrected chi connectivity index (χ0v) is 17.0. The number of carbonyl (C=O) groups excluding carboxylic acids is 1. The first-order chi connectivity index (χ1) is 15.1. The van der Waals surface area contributed by atoms with Gasteiger partial charge in [0.15, 0.2) is 11.5 Å². The van der Waals surface area contributed by atoms with Crippen molar-refractivity contribution in [1.82, 2.24) is 9.55 Å². The van der Waals surface area contributed by atoms with Crippen LogP contribution in [0.25, 0.3) is 15.9 Å². The van der Waals surface area contributed by atoms with Crippen molar-refractivity contribution in [3.8, 4) is 17.2 Å². The molecule has 1 aliphatic rings. The van der Waals surface area contributed by atoms with Crippen LogP contribution in [0.5, 0.6) is 11.5 Å². The van der Waals surface area contributed by atoms with Gasteiger partial charge in [0.25, 0.3) is 5.56 Å². The predicted molar refractivity (Wildman–Crippen MR) is 118 cm³/mol. The quantitative estimate of drug-likeness (QED) is 0.513. The van der Waals surface area contributed by atoms with Gasteiger partial charge < -0.3 is 19.8 Å². The summed E-state index contributed by atoms with van der Waals surface area (Å²) in [5.41, 5.74) is 1.48. The summed E-state index contributed by atoms with van der Waals surface area (Å²) in [6.45, 7) is 0.982. The van der Waals surface area contributed by atoms with Crippen LogP contribution in [0.3, 0.4) is 0 Å². The second kappa shape index (κ2) is 7.77. The Labute approximate surface area is 179 Å². The lowest BCUT2D eigenvalue weighted by Crippen LogP contribution is -2.32. The van der Waals surface area contributed by atoms with Crippen LogP contribution in [-0.2, 0) is 11.2 Å². The number of ether oxygens (including phenoxy) is 2. The third-order valence-electron chi connectivity index (χ3n) is 4.89. The molecule has 1 amide bonds. The molecule has 1 aliphatic heterocycles. The van der Waals surface area contributed by atoms with Crippen molar-refractivity contribution in [2.75, 3.05) is 18.5 Å². The first-order valence-electron chi connectivity index (χ1n) is 9.60. The average Bonchev–Trinajstić information content (AvgIpc) is 3.23. The number of hydrogen-bond acceptors (Lipinski definition) is 6. The second-order valence-corrected chi connectivity index (χ2v) is 7.90. The molecule has 0 saturated carbocycles. The number of aromatic amines is 1. The van der Waals surface area contributed by atoms with Gasteiger partial charge >= 0.3 is 5.69 Å². The standard InChI is InChI=1S/C22H17N3O5S/c26-19(23-14-3-6-17-18(12-14)30-9-8-29-17)11-13-1-4-15(5-2-13)25-21(27)20-16(7-10-31-20)24-22(25)28/h1-7,10,12H,8-9,11H2,(H,23,26)(H,24,28). The smallest absolute Gasteiger partial charge is 0.333 e. The molecule has 9 heteroatoms. The second-order valence-electron chi connectivity index (χ2n) is 6.98. The number of benzene rings is 2. The first-order valence-corrected chi connectivity index (χ1v) is 10.5. The maximum Gasteiger partial charge on any atom is 0.333 e. The third kappa shape index (κ3) is 3.71. The molecule has 0 atom stereocenters. The third-order valence-corrected chi connectivity index (χ3v) is 5.79. The SMILES string of the molecule is O=C(Cc1ccc(-n2c(=O)[nH]c3ccsc3c2=O)cc1)Nc1ccc2c(c1)OCCO2. The molecule has 0 spiro atoms. The summed E-state index contributed by atoms with van der Waals surface area (Å²) in [5.74, 6) is 1.07. The average molecular weight is 435 g/mol. The predicted octanol–water partition coefficient (Wildman–Crippen LogP) is 2.69. The van der Waals surface area contributed by atoms with Crippen molar-refractivity contribution >= 4 is 33.1 Å². The summed E-state index contributed by atoms with van der Waals surface area (Å²) in [6, 6.07) is 13.7. The fourth-order valence-corrected chi connectivity index (χ4v) is 4.23. The van der Waals surface area contributed by atoms with Crippen molar-refractivity contribution < 1.29 is 14.3 Å². The van der Waals surface area contributed by atoms with E-state index in [9.17, 15) is 14.4 Å². The van der Waals surface area contributed by atoms with Crippen molar-refractivity contribution in [2.45, 2.75) is 6.42 Å². The van der Waals surface area contributed by atoms with Gasteiger partial charge in [0, 0.05) is 11.8 Å². The molecule has 2 N–H and O–H groups in total. The zero-order chi connectivity index (χ0) is 21.4. The molecule has 31 heavy (non-hydrogen) atoms. The van der Waals surface area contributed by atoms with E-state index in [0.29, 0.717) is 46.3 Å². The number of hydrogen-bond donors (Lipinski definition) is 2. The molecular formula is C22H17N3O5S. The van der Waals surface area contributed by atoms with Crippen LogP contribution < -0.4 is 26.0 Å². The summed E-state index contributed by atoms with van der Waals surface area (Å²) in [4.78, 5) is 40.1. The van der Waals surface area contributed by atoms with Crippen LogP contribution >= 0.6 is 11.3 Å². The minimum atomic E-state index is -0.500. The summed E-state index contributed by atoms with van der Waals surface area (Å²) >= 11 is 1.28. The normalized spacial score (nSPS) is 12.6. The van der Waals surface area contributed by atoms with Crippen LogP contribution in [0.1, 0.15) is 5.56 Å². The van der Waals surface area contributed by atoms with Crippen molar-refractivity contribution in [3.05, 3.63) is 80.3 Å². The molecular weight excluding hydrogens is 418 g/mol. The largest absolute Gasteiger partial charge is 0.486 e. The van der Waals surface area contributed by atoms with Gasteiger partial charge in [-0.15, -0.1) is 11.3 Å². The van der Waals surface area contributed by atoms with E-state index in [4.69, 9.17) is 9.47 Å². The number of aromatic nitrogens is 2. The number of nitrogens with one attached hydrogen (secondary N) is 2. The highest BCUT2D eigenvalue weighted by molar-refractivity contribution is 7.17. The van der Waals surface area contributed by atoms with Gasteiger partial charge in [-0.2, -0.15) is 0 Å². The van der Waals surface area contributed by atoms with Gasteiger partial charge in [0.05, 0.1) is 17.6 Å². The number of rotatable bonds is 4. The Morgan fingerprint density at radius 2 is 1.81 bits per heavy atom. The summed E-state index contributed by atoms with van der Waals surface area (Å²) < 4.78 is 12.6. The van der Waals surface area contributed by atoms with E-state index in [1.165, 1.54) is 11.3 Å². The maximum atomic E-state index is 12.6. The molecule has 0 bridgehead atoms. The minimum absolute atomic E-state index is 0.143. The Balaban J connectivity index is 1.32. The Bertz CT molecular complexity index is 1400. The number of H-pyrrole nitrogens is 1. The number of nitrogens with zero attached hydrogens (tertiary/aromatic N) is 1. The monoisotopic (exact) mass is 435 g/mol. The van der Waals surface area contributed by atoms with Crippen LogP contribution in [0.15, 0.2) is 63.5 Å². The lowest BCUT2D eigenvalue weighted by Gasteiger charge is -2.19. The Morgan fingerprint density at radius 1 is 1.03 bits per heavy atom. The van der Waals surface area contributed by atoms with Gasteiger partial charge in [-0.3, -0.25) is 9.59 Å². The molecule has 156 valence electrons. The lowest BCUT2D eigenvalue weighted by atomic mass is 10.1. The van der Waals surface area contributed by atoms with E-state index in [1.54, 1.807) is 53.9 Å². The summed E-state index contributed by atoms with van der Waals surface area (Å²) in [6.07, 6.45) is 0.143. The highest BCUT2D eigenvalue weighted by Crippen LogP contribution is 2.32. The Hall–Kier alpha value is -3.85. The van der Waals surface area contributed by atoms with E-state index in [2.05, 4.69) is 10.3 Å². The first kappa shape index (κ1) is 19.1. The molecule has 0 saturated heterocycles. The van der Waals surface area contributed by atoms with Gasteiger partial charge in [-0.1, -0.05) is 12.1 Å². The summed E-state index contributed by atoms with van der Waals surface area (Å²) in [5, 5.41) is 4.60. The molecule has 8 nitrogen and oxygen atoms in total.